The van der Waals surface area contributed by atoms with Gasteiger partial charge >= 0.3 is 0 Å². The van der Waals surface area contributed by atoms with E-state index in [0.29, 0.717) is 0 Å². The third kappa shape index (κ3) is 1.78. The van der Waals surface area contributed by atoms with Crippen molar-refractivity contribution in [3.8, 4) is 6.07 Å². The van der Waals surface area contributed by atoms with Crippen LogP contribution in [0.5, 0.6) is 0 Å². The summed E-state index contributed by atoms with van der Waals surface area (Å²) in [7, 11) is 0. The zero-order chi connectivity index (χ0) is 9.31. The quantitative estimate of drug-likeness (QED) is 0.852. The van der Waals surface area contributed by atoms with E-state index in [1.165, 1.54) is 0 Å². The molecule has 0 saturated carbocycles. The number of hydrogen-bond acceptors (Lipinski definition) is 2. The molecule has 1 fully saturated rings. The van der Waals surface area contributed by atoms with Gasteiger partial charge in [-0.05, 0) is 17.7 Å². The highest BCUT2D eigenvalue weighted by Gasteiger charge is 2.38. The van der Waals surface area contributed by atoms with Crippen LogP contribution in [0, 0.1) is 11.3 Å². The molecule has 0 unspecified atom stereocenters. The zero-order valence-corrected chi connectivity index (χ0v) is 9.86. The summed E-state index contributed by atoms with van der Waals surface area (Å²) in [4.78, 5) is 0. The van der Waals surface area contributed by atoms with Gasteiger partial charge in [-0.15, -0.1) is 12.4 Å². The van der Waals surface area contributed by atoms with Gasteiger partial charge in [0.1, 0.15) is 5.41 Å². The van der Waals surface area contributed by atoms with E-state index in [1.54, 1.807) is 0 Å². The minimum absolute atomic E-state index is 0. The second-order valence-corrected chi connectivity index (χ2v) is 4.22. The van der Waals surface area contributed by atoms with E-state index in [1.807, 2.05) is 24.3 Å². The minimum Gasteiger partial charge on any atom is -0.313 e. The molecule has 4 heteroatoms. The van der Waals surface area contributed by atoms with Gasteiger partial charge in [-0.25, -0.2) is 0 Å². The number of hydrogen-bond donors (Lipinski definition) is 1. The molecular weight excluding hydrogens is 263 g/mol. The van der Waals surface area contributed by atoms with Gasteiger partial charge in [0.2, 0.25) is 0 Å². The summed E-state index contributed by atoms with van der Waals surface area (Å²) in [6.45, 7) is 1.54. The van der Waals surface area contributed by atoms with E-state index in [0.717, 1.165) is 23.1 Å². The SMILES string of the molecule is Cl.N#CC1(c2ccc(Br)cc2)CNC1. The lowest BCUT2D eigenvalue weighted by molar-refractivity contribution is 0.357. The average molecular weight is 274 g/mol. The van der Waals surface area contributed by atoms with Crippen LogP contribution >= 0.6 is 28.3 Å². The fourth-order valence-corrected chi connectivity index (χ4v) is 1.76. The molecule has 1 aliphatic heterocycles. The summed E-state index contributed by atoms with van der Waals surface area (Å²) in [5.41, 5.74) is 0.831. The number of halogens is 2. The Bertz CT molecular complexity index is 351. The molecule has 14 heavy (non-hydrogen) atoms. The Morgan fingerprint density at radius 1 is 1.29 bits per heavy atom. The molecule has 0 bridgehead atoms. The van der Waals surface area contributed by atoms with E-state index in [4.69, 9.17) is 5.26 Å². The number of nitrogens with zero attached hydrogens (tertiary/aromatic N) is 1. The average Bonchev–Trinajstić information content (AvgIpc) is 2.07. The van der Waals surface area contributed by atoms with Gasteiger partial charge in [-0.3, -0.25) is 0 Å². The maximum Gasteiger partial charge on any atom is 0.107 e. The summed E-state index contributed by atoms with van der Waals surface area (Å²) >= 11 is 3.38. The van der Waals surface area contributed by atoms with Crippen LogP contribution in [0.3, 0.4) is 0 Å². The number of nitrogens with one attached hydrogen (secondary N) is 1. The maximum atomic E-state index is 9.06. The molecule has 1 heterocycles. The predicted molar refractivity (Wildman–Crippen MR) is 61.6 cm³/mol. The van der Waals surface area contributed by atoms with Gasteiger partial charge in [0.15, 0.2) is 0 Å². The van der Waals surface area contributed by atoms with Crippen LogP contribution < -0.4 is 5.32 Å². The summed E-state index contributed by atoms with van der Waals surface area (Å²) < 4.78 is 1.05. The highest BCUT2D eigenvalue weighted by molar-refractivity contribution is 9.10. The first-order valence-electron chi connectivity index (χ1n) is 4.15. The normalized spacial score (nSPS) is 17.4. The number of rotatable bonds is 1. The maximum absolute atomic E-state index is 9.06. The largest absolute Gasteiger partial charge is 0.313 e. The van der Waals surface area contributed by atoms with E-state index in [2.05, 4.69) is 27.3 Å². The monoisotopic (exact) mass is 272 g/mol. The zero-order valence-electron chi connectivity index (χ0n) is 7.46. The molecule has 2 nitrogen and oxygen atoms in total. The number of benzene rings is 1. The molecule has 0 atom stereocenters. The fraction of sp³-hybridized carbons (Fsp3) is 0.300. The molecule has 74 valence electrons. The molecule has 0 radical (unpaired) electrons. The molecule has 1 aromatic carbocycles. The third-order valence-electron chi connectivity index (χ3n) is 2.46. The van der Waals surface area contributed by atoms with E-state index >= 15 is 0 Å². The van der Waals surface area contributed by atoms with Crippen LogP contribution in [0.25, 0.3) is 0 Å². The molecular formula is C10H10BrClN2. The van der Waals surface area contributed by atoms with E-state index < -0.39 is 0 Å². The second kappa shape index (κ2) is 4.31. The van der Waals surface area contributed by atoms with Crippen LogP contribution in [0.4, 0.5) is 0 Å². The van der Waals surface area contributed by atoms with Crippen molar-refractivity contribution in [3.63, 3.8) is 0 Å². The lowest BCUT2D eigenvalue weighted by atomic mass is 9.77. The van der Waals surface area contributed by atoms with Gasteiger partial charge in [-0.2, -0.15) is 5.26 Å². The van der Waals surface area contributed by atoms with Crippen LogP contribution in [-0.2, 0) is 5.41 Å². The van der Waals surface area contributed by atoms with Crippen LogP contribution in [0.2, 0.25) is 0 Å². The summed E-state index contributed by atoms with van der Waals surface area (Å²) in [5.74, 6) is 0. The van der Waals surface area contributed by atoms with E-state index in [-0.39, 0.29) is 17.8 Å². The summed E-state index contributed by atoms with van der Waals surface area (Å²) in [6, 6.07) is 10.3. The summed E-state index contributed by atoms with van der Waals surface area (Å²) in [6.07, 6.45) is 0. The molecule has 1 saturated heterocycles. The van der Waals surface area contributed by atoms with Crippen LogP contribution in [-0.4, -0.2) is 13.1 Å². The third-order valence-corrected chi connectivity index (χ3v) is 2.99. The Morgan fingerprint density at radius 2 is 1.86 bits per heavy atom. The first-order valence-corrected chi connectivity index (χ1v) is 4.94. The number of nitriles is 1. The first kappa shape index (κ1) is 11.5. The van der Waals surface area contributed by atoms with Crippen molar-refractivity contribution < 1.29 is 0 Å². The molecule has 1 aliphatic rings. The fourth-order valence-electron chi connectivity index (χ4n) is 1.49. The van der Waals surface area contributed by atoms with Crippen molar-refractivity contribution in [2.45, 2.75) is 5.41 Å². The smallest absolute Gasteiger partial charge is 0.107 e. The van der Waals surface area contributed by atoms with E-state index in [9.17, 15) is 0 Å². The molecule has 0 aliphatic carbocycles. The van der Waals surface area contributed by atoms with Crippen molar-refractivity contribution in [1.29, 1.82) is 5.26 Å². The minimum atomic E-state index is -0.277. The van der Waals surface area contributed by atoms with Crippen LogP contribution in [0.1, 0.15) is 5.56 Å². The molecule has 2 rings (SSSR count). The lowest BCUT2D eigenvalue weighted by Gasteiger charge is -2.36. The predicted octanol–water partition coefficient (Wildman–Crippen LogP) is 2.24. The molecule has 0 aromatic heterocycles. The Kier molecular flexibility index (Phi) is 3.54. The second-order valence-electron chi connectivity index (χ2n) is 3.30. The Labute approximate surface area is 97.8 Å². The van der Waals surface area contributed by atoms with Gasteiger partial charge in [0.05, 0.1) is 6.07 Å². The Hall–Kier alpha value is -0.560. The van der Waals surface area contributed by atoms with Gasteiger partial charge in [-0.1, -0.05) is 28.1 Å². The van der Waals surface area contributed by atoms with Crippen molar-refractivity contribution >= 4 is 28.3 Å². The van der Waals surface area contributed by atoms with Crippen molar-refractivity contribution in [2.24, 2.45) is 0 Å². The molecule has 0 spiro atoms. The van der Waals surface area contributed by atoms with Gasteiger partial charge in [0, 0.05) is 17.6 Å². The van der Waals surface area contributed by atoms with Crippen molar-refractivity contribution in [3.05, 3.63) is 34.3 Å². The highest BCUT2D eigenvalue weighted by Crippen LogP contribution is 2.28. The van der Waals surface area contributed by atoms with Crippen molar-refractivity contribution in [2.75, 3.05) is 13.1 Å². The van der Waals surface area contributed by atoms with Gasteiger partial charge < -0.3 is 5.32 Å². The topological polar surface area (TPSA) is 35.8 Å². The molecule has 0 amide bonds. The summed E-state index contributed by atoms with van der Waals surface area (Å²) in [5, 5.41) is 12.2. The van der Waals surface area contributed by atoms with Gasteiger partial charge in [0.25, 0.3) is 0 Å². The lowest BCUT2D eigenvalue weighted by Crippen LogP contribution is -2.55. The van der Waals surface area contributed by atoms with Crippen molar-refractivity contribution in [1.82, 2.24) is 5.32 Å². The Morgan fingerprint density at radius 3 is 2.21 bits per heavy atom. The Balaban J connectivity index is 0.000000980. The van der Waals surface area contributed by atoms with Crippen LogP contribution in [0.15, 0.2) is 28.7 Å². The first-order chi connectivity index (χ1) is 6.27. The highest BCUT2D eigenvalue weighted by atomic mass is 79.9. The molecule has 1 N–H and O–H groups in total. The standard InChI is InChI=1S/C10H9BrN2.ClH/c11-9-3-1-8(2-4-9)10(5-12)6-13-7-10;/h1-4,13H,6-7H2;1H. The molecule has 1 aromatic rings.